The van der Waals surface area contributed by atoms with Crippen molar-refractivity contribution in [3.63, 3.8) is 0 Å². The molecule has 0 aliphatic rings. The van der Waals surface area contributed by atoms with E-state index in [9.17, 15) is 14.4 Å². The molecule has 0 amide bonds. The Labute approximate surface area is 472 Å². The zero-order valence-corrected chi connectivity index (χ0v) is 49.1. The standard InChI is InChI=1S/C71H110O6/c1-4-7-10-13-16-19-22-25-27-29-31-33-35-37-39-41-43-46-49-52-55-58-61-64-70(73)76-67-68(66-75-69(72)63-60-57-54-51-48-45-24-21-18-15-12-9-6-3)77-71(74)65-62-59-56-53-50-47-44-42-40-38-36-34-32-30-28-26-23-20-17-14-11-8-5-2/h7-8,10-11,16-17,19-21,24-28,31-34,37-40,43-44,46-47,52,55,68H,4-6,9,12-15,18,22-23,29-30,35-36,41-42,45,48-51,53-54,56-67H2,1-3H3/b10-7-,11-8-,19-16-,20-17-,24-21-,27-25-,28-26-,33-31-,34-32-,39-37-,40-38-,46-43-,47-44-,55-52-. The molecule has 0 fully saturated rings. The molecule has 77 heavy (non-hydrogen) atoms. The van der Waals surface area contributed by atoms with E-state index in [1.54, 1.807) is 0 Å². The van der Waals surface area contributed by atoms with Crippen molar-refractivity contribution in [1.29, 1.82) is 0 Å². The largest absolute Gasteiger partial charge is 0.462 e. The Bertz CT molecular complexity index is 1790. The van der Waals surface area contributed by atoms with Crippen LogP contribution in [-0.4, -0.2) is 37.2 Å². The molecule has 0 rings (SSSR count). The summed E-state index contributed by atoms with van der Waals surface area (Å²) in [7, 11) is 0. The van der Waals surface area contributed by atoms with Crippen LogP contribution in [0.25, 0.3) is 0 Å². The van der Waals surface area contributed by atoms with Gasteiger partial charge in [-0.15, -0.1) is 0 Å². The van der Waals surface area contributed by atoms with Crippen LogP contribution in [0, 0.1) is 0 Å². The molecule has 0 saturated heterocycles. The van der Waals surface area contributed by atoms with E-state index < -0.39 is 6.10 Å². The SMILES string of the molecule is CC/C=C\C/C=C\C/C=C\C/C=C\C/C=C\C/C=C\C/C=C\CCCC(=O)OCC(COC(=O)CCCCCCC/C=C\CCCCCC)OC(=O)CCCCCC/C=C\C/C=C\C/C=C\C/C=C\C/C=C\C/C=C\CC. The van der Waals surface area contributed by atoms with E-state index in [0.717, 1.165) is 154 Å². The van der Waals surface area contributed by atoms with E-state index in [1.807, 2.05) is 0 Å². The summed E-state index contributed by atoms with van der Waals surface area (Å²) < 4.78 is 16.8. The number of ether oxygens (including phenoxy) is 3. The normalized spacial score (nSPS) is 13.3. The van der Waals surface area contributed by atoms with Crippen molar-refractivity contribution < 1.29 is 28.6 Å². The summed E-state index contributed by atoms with van der Waals surface area (Å²) in [5.41, 5.74) is 0. The number of allylic oxidation sites excluding steroid dienone is 28. The Morgan fingerprint density at radius 1 is 0.273 bits per heavy atom. The van der Waals surface area contributed by atoms with Gasteiger partial charge in [-0.1, -0.05) is 242 Å². The fraction of sp³-hybridized carbons (Fsp3) is 0.563. The van der Waals surface area contributed by atoms with Crippen molar-refractivity contribution in [3.8, 4) is 0 Å². The summed E-state index contributed by atoms with van der Waals surface area (Å²) in [5.74, 6) is -1.02. The molecule has 0 bridgehead atoms. The van der Waals surface area contributed by atoms with Gasteiger partial charge in [-0.3, -0.25) is 14.4 Å². The third-order valence-corrected chi connectivity index (χ3v) is 12.2. The first-order valence-corrected chi connectivity index (χ1v) is 30.6. The molecule has 0 radical (unpaired) electrons. The Balaban J connectivity index is 4.56. The molecule has 0 aromatic rings. The number of carbonyl (C=O) groups excluding carboxylic acids is 3. The number of unbranched alkanes of at least 4 members (excludes halogenated alkanes) is 14. The lowest BCUT2D eigenvalue weighted by molar-refractivity contribution is -0.167. The van der Waals surface area contributed by atoms with Gasteiger partial charge in [0.1, 0.15) is 13.2 Å². The third-order valence-electron chi connectivity index (χ3n) is 12.2. The summed E-state index contributed by atoms with van der Waals surface area (Å²) in [6, 6.07) is 0. The second-order valence-corrected chi connectivity index (χ2v) is 19.5. The van der Waals surface area contributed by atoms with Gasteiger partial charge >= 0.3 is 17.9 Å². The zero-order chi connectivity index (χ0) is 55.7. The molecule has 6 nitrogen and oxygen atoms in total. The fourth-order valence-corrected chi connectivity index (χ4v) is 7.66. The number of esters is 3. The van der Waals surface area contributed by atoms with E-state index >= 15 is 0 Å². The molecule has 1 unspecified atom stereocenters. The Morgan fingerprint density at radius 2 is 0.519 bits per heavy atom. The summed E-state index contributed by atoms with van der Waals surface area (Å²) in [6.07, 6.45) is 93.5. The lowest BCUT2D eigenvalue weighted by Gasteiger charge is -2.18. The van der Waals surface area contributed by atoms with Crippen molar-refractivity contribution in [2.24, 2.45) is 0 Å². The monoisotopic (exact) mass is 1060 g/mol. The molecular formula is C71H110O6. The molecule has 0 aromatic heterocycles. The Hall–Kier alpha value is -5.23. The molecule has 0 N–H and O–H groups in total. The van der Waals surface area contributed by atoms with Crippen molar-refractivity contribution in [1.82, 2.24) is 0 Å². The minimum absolute atomic E-state index is 0.119. The van der Waals surface area contributed by atoms with Crippen molar-refractivity contribution in [3.05, 3.63) is 170 Å². The lowest BCUT2D eigenvalue weighted by Crippen LogP contribution is -2.30. The quantitative estimate of drug-likeness (QED) is 0.0261. The van der Waals surface area contributed by atoms with Crippen molar-refractivity contribution >= 4 is 17.9 Å². The van der Waals surface area contributed by atoms with Gasteiger partial charge in [0, 0.05) is 19.3 Å². The van der Waals surface area contributed by atoms with Crippen LogP contribution in [0.4, 0.5) is 0 Å². The Kier molecular flexibility index (Phi) is 59.0. The van der Waals surface area contributed by atoms with Gasteiger partial charge in [0.25, 0.3) is 0 Å². The lowest BCUT2D eigenvalue weighted by atomic mass is 10.1. The first-order chi connectivity index (χ1) is 38.0. The van der Waals surface area contributed by atoms with Gasteiger partial charge < -0.3 is 14.2 Å². The topological polar surface area (TPSA) is 78.9 Å². The molecule has 0 aliphatic heterocycles. The summed E-state index contributed by atoms with van der Waals surface area (Å²) in [4.78, 5) is 38.2. The minimum atomic E-state index is -0.829. The predicted octanol–water partition coefficient (Wildman–Crippen LogP) is 21.1. The van der Waals surface area contributed by atoms with E-state index in [-0.39, 0.29) is 44.0 Å². The number of hydrogen-bond acceptors (Lipinski definition) is 6. The molecular weight excluding hydrogens is 949 g/mol. The van der Waals surface area contributed by atoms with Crippen LogP contribution in [0.5, 0.6) is 0 Å². The van der Waals surface area contributed by atoms with Gasteiger partial charge in [-0.05, 0) is 148 Å². The van der Waals surface area contributed by atoms with Crippen LogP contribution in [0.3, 0.4) is 0 Å². The van der Waals surface area contributed by atoms with Gasteiger partial charge in [-0.25, -0.2) is 0 Å². The first-order valence-electron chi connectivity index (χ1n) is 30.6. The van der Waals surface area contributed by atoms with Crippen LogP contribution in [0.2, 0.25) is 0 Å². The summed E-state index contributed by atoms with van der Waals surface area (Å²) in [6.45, 7) is 6.30. The van der Waals surface area contributed by atoms with Crippen LogP contribution in [-0.2, 0) is 28.6 Å². The highest BCUT2D eigenvalue weighted by atomic mass is 16.6. The predicted molar refractivity (Wildman–Crippen MR) is 334 cm³/mol. The molecule has 0 aliphatic carbocycles. The van der Waals surface area contributed by atoms with Gasteiger partial charge in [-0.2, -0.15) is 0 Å². The number of carbonyl (C=O) groups is 3. The van der Waals surface area contributed by atoms with Crippen LogP contribution < -0.4 is 0 Å². The molecule has 6 heteroatoms. The molecule has 1 atom stereocenters. The van der Waals surface area contributed by atoms with Gasteiger partial charge in [0.05, 0.1) is 0 Å². The summed E-state index contributed by atoms with van der Waals surface area (Å²) >= 11 is 0. The molecule has 0 spiro atoms. The maximum Gasteiger partial charge on any atom is 0.306 e. The van der Waals surface area contributed by atoms with E-state index in [1.165, 1.54) is 38.5 Å². The second-order valence-electron chi connectivity index (χ2n) is 19.5. The molecule has 0 saturated carbocycles. The Morgan fingerprint density at radius 3 is 0.857 bits per heavy atom. The maximum atomic E-state index is 12.9. The number of hydrogen-bond donors (Lipinski definition) is 0. The summed E-state index contributed by atoms with van der Waals surface area (Å²) in [5, 5.41) is 0. The first kappa shape index (κ1) is 71.8. The molecule has 430 valence electrons. The number of rotatable bonds is 53. The zero-order valence-electron chi connectivity index (χ0n) is 49.1. The smallest absolute Gasteiger partial charge is 0.306 e. The highest BCUT2D eigenvalue weighted by Gasteiger charge is 2.19. The van der Waals surface area contributed by atoms with Gasteiger partial charge in [0.2, 0.25) is 0 Å². The molecule has 0 aromatic carbocycles. The van der Waals surface area contributed by atoms with E-state index in [0.29, 0.717) is 12.8 Å². The van der Waals surface area contributed by atoms with Gasteiger partial charge in [0.15, 0.2) is 6.10 Å². The van der Waals surface area contributed by atoms with Crippen LogP contribution in [0.1, 0.15) is 239 Å². The average molecular weight is 1060 g/mol. The van der Waals surface area contributed by atoms with Crippen LogP contribution >= 0.6 is 0 Å². The molecule has 0 heterocycles. The van der Waals surface area contributed by atoms with Crippen molar-refractivity contribution in [2.45, 2.75) is 245 Å². The highest BCUT2D eigenvalue weighted by Crippen LogP contribution is 2.12. The van der Waals surface area contributed by atoms with E-state index in [4.69, 9.17) is 14.2 Å². The third kappa shape index (κ3) is 61.5. The average Bonchev–Trinajstić information content (AvgIpc) is 3.43. The van der Waals surface area contributed by atoms with Crippen molar-refractivity contribution in [2.75, 3.05) is 13.2 Å². The minimum Gasteiger partial charge on any atom is -0.462 e. The van der Waals surface area contributed by atoms with E-state index in [2.05, 4.69) is 191 Å². The second kappa shape index (κ2) is 63.3. The maximum absolute atomic E-state index is 12.9. The van der Waals surface area contributed by atoms with Crippen LogP contribution in [0.15, 0.2) is 170 Å². The highest BCUT2D eigenvalue weighted by molar-refractivity contribution is 5.71. The fourth-order valence-electron chi connectivity index (χ4n) is 7.66.